The van der Waals surface area contributed by atoms with E-state index in [1.54, 1.807) is 0 Å². The Morgan fingerprint density at radius 3 is 2.48 bits per heavy atom. The van der Waals surface area contributed by atoms with Crippen molar-refractivity contribution >= 4 is 12.0 Å². The lowest BCUT2D eigenvalue weighted by atomic mass is 9.84. The van der Waals surface area contributed by atoms with Gasteiger partial charge in [0.15, 0.2) is 0 Å². The van der Waals surface area contributed by atoms with E-state index in [4.69, 9.17) is 0 Å². The summed E-state index contributed by atoms with van der Waals surface area (Å²) in [5.74, 6) is 0.0163. The molecule has 1 aliphatic heterocycles. The highest BCUT2D eigenvalue weighted by Crippen LogP contribution is 2.27. The first-order chi connectivity index (χ1) is 9.99. The van der Waals surface area contributed by atoms with Crippen LogP contribution in [-0.2, 0) is 4.79 Å². The molecule has 3 unspecified atom stereocenters. The lowest BCUT2D eigenvalue weighted by Gasteiger charge is -2.37. The van der Waals surface area contributed by atoms with Gasteiger partial charge in [-0.15, -0.1) is 0 Å². The van der Waals surface area contributed by atoms with Crippen molar-refractivity contribution in [2.24, 2.45) is 11.8 Å². The Bertz CT molecular complexity index is 380. The summed E-state index contributed by atoms with van der Waals surface area (Å²) < 4.78 is 0. The van der Waals surface area contributed by atoms with Crippen molar-refractivity contribution < 1.29 is 14.7 Å². The van der Waals surface area contributed by atoms with Crippen LogP contribution in [0.3, 0.4) is 0 Å². The van der Waals surface area contributed by atoms with Crippen LogP contribution in [0.2, 0.25) is 0 Å². The molecule has 0 aromatic rings. The third-order valence-electron chi connectivity index (χ3n) is 5.12. The molecule has 0 bridgehead atoms. The molecule has 0 spiro atoms. The largest absolute Gasteiger partial charge is 0.480 e. The molecule has 5 heteroatoms. The highest BCUT2D eigenvalue weighted by molar-refractivity contribution is 5.83. The molecule has 5 nitrogen and oxygen atoms in total. The first-order valence-electron chi connectivity index (χ1n) is 8.29. The van der Waals surface area contributed by atoms with Crippen LogP contribution in [0.15, 0.2) is 0 Å². The van der Waals surface area contributed by atoms with Gasteiger partial charge in [0.05, 0.1) is 0 Å². The number of nitrogens with zero attached hydrogens (tertiary/aromatic N) is 1. The second-order valence-corrected chi connectivity index (χ2v) is 6.81. The SMILES string of the molecule is CC1CCN(C(=O)NC(C)C2CCCCC2)C(C(=O)O)C1. The van der Waals surface area contributed by atoms with Crippen LogP contribution in [0.25, 0.3) is 0 Å². The van der Waals surface area contributed by atoms with E-state index in [1.807, 2.05) is 0 Å². The van der Waals surface area contributed by atoms with Gasteiger partial charge in [-0.05, 0) is 44.4 Å². The molecule has 21 heavy (non-hydrogen) atoms. The molecule has 1 saturated heterocycles. The maximum Gasteiger partial charge on any atom is 0.326 e. The van der Waals surface area contributed by atoms with Gasteiger partial charge in [0, 0.05) is 12.6 Å². The molecule has 1 aliphatic carbocycles. The fourth-order valence-corrected chi connectivity index (χ4v) is 3.65. The summed E-state index contributed by atoms with van der Waals surface area (Å²) in [4.78, 5) is 25.3. The van der Waals surface area contributed by atoms with Crippen molar-refractivity contribution in [3.63, 3.8) is 0 Å². The van der Waals surface area contributed by atoms with Crippen LogP contribution < -0.4 is 5.32 Å². The molecule has 0 aromatic carbocycles. The summed E-state index contributed by atoms with van der Waals surface area (Å²) >= 11 is 0. The van der Waals surface area contributed by atoms with Crippen molar-refractivity contribution in [1.82, 2.24) is 10.2 Å². The smallest absolute Gasteiger partial charge is 0.326 e. The zero-order chi connectivity index (χ0) is 15.4. The number of aliphatic carboxylic acids is 1. The average molecular weight is 296 g/mol. The van der Waals surface area contributed by atoms with E-state index < -0.39 is 12.0 Å². The van der Waals surface area contributed by atoms with Crippen LogP contribution in [0.4, 0.5) is 4.79 Å². The average Bonchev–Trinajstić information content (AvgIpc) is 2.47. The number of carboxylic acid groups (broad SMARTS) is 1. The molecule has 2 fully saturated rings. The highest BCUT2D eigenvalue weighted by atomic mass is 16.4. The topological polar surface area (TPSA) is 69.6 Å². The van der Waals surface area contributed by atoms with Gasteiger partial charge < -0.3 is 15.3 Å². The maximum absolute atomic E-state index is 12.4. The minimum absolute atomic E-state index is 0.131. The van der Waals surface area contributed by atoms with Crippen molar-refractivity contribution in [3.05, 3.63) is 0 Å². The number of carbonyl (C=O) groups is 2. The number of likely N-dealkylation sites (tertiary alicyclic amines) is 1. The number of rotatable bonds is 3. The van der Waals surface area contributed by atoms with Crippen molar-refractivity contribution in [2.45, 2.75) is 70.9 Å². The molecule has 0 aromatic heterocycles. The highest BCUT2D eigenvalue weighted by Gasteiger charge is 2.35. The van der Waals surface area contributed by atoms with Gasteiger partial charge in [0.25, 0.3) is 0 Å². The number of carboxylic acids is 1. The summed E-state index contributed by atoms with van der Waals surface area (Å²) in [5.41, 5.74) is 0. The van der Waals surface area contributed by atoms with E-state index in [9.17, 15) is 14.7 Å². The Hall–Kier alpha value is -1.26. The van der Waals surface area contributed by atoms with E-state index in [0.717, 1.165) is 6.42 Å². The van der Waals surface area contributed by atoms with Crippen molar-refractivity contribution in [1.29, 1.82) is 0 Å². The molecule has 0 radical (unpaired) electrons. The number of hydrogen-bond acceptors (Lipinski definition) is 2. The molecule has 2 N–H and O–H groups in total. The molecule has 1 heterocycles. The summed E-state index contributed by atoms with van der Waals surface area (Å²) in [5, 5.41) is 12.4. The Balaban J connectivity index is 1.92. The molecular formula is C16H28N2O3. The molecule has 1 saturated carbocycles. The van der Waals surface area contributed by atoms with Crippen LogP contribution in [0.1, 0.15) is 58.8 Å². The normalized spacial score (nSPS) is 29.0. The van der Waals surface area contributed by atoms with E-state index in [0.29, 0.717) is 24.8 Å². The van der Waals surface area contributed by atoms with Gasteiger partial charge in [-0.25, -0.2) is 9.59 Å². The van der Waals surface area contributed by atoms with Crippen LogP contribution >= 0.6 is 0 Å². The van der Waals surface area contributed by atoms with Crippen LogP contribution in [-0.4, -0.2) is 40.6 Å². The monoisotopic (exact) mass is 296 g/mol. The zero-order valence-corrected chi connectivity index (χ0v) is 13.2. The number of nitrogens with one attached hydrogen (secondary N) is 1. The number of hydrogen-bond donors (Lipinski definition) is 2. The van der Waals surface area contributed by atoms with Gasteiger partial charge in [-0.2, -0.15) is 0 Å². The van der Waals surface area contributed by atoms with E-state index in [1.165, 1.54) is 37.0 Å². The maximum atomic E-state index is 12.4. The third-order valence-corrected chi connectivity index (χ3v) is 5.12. The van der Waals surface area contributed by atoms with E-state index in [2.05, 4.69) is 19.2 Å². The lowest BCUT2D eigenvalue weighted by molar-refractivity contribution is -0.143. The summed E-state index contributed by atoms with van der Waals surface area (Å²) in [7, 11) is 0. The fraction of sp³-hybridized carbons (Fsp3) is 0.875. The molecule has 2 rings (SSSR count). The summed E-state index contributed by atoms with van der Waals surface area (Å²) in [6.45, 7) is 4.65. The van der Waals surface area contributed by atoms with Crippen molar-refractivity contribution in [3.8, 4) is 0 Å². The van der Waals surface area contributed by atoms with Crippen LogP contribution in [0.5, 0.6) is 0 Å². The quantitative estimate of drug-likeness (QED) is 0.841. The Kier molecular flexibility index (Phi) is 5.48. The van der Waals surface area contributed by atoms with Gasteiger partial charge in [0.2, 0.25) is 0 Å². The van der Waals surface area contributed by atoms with E-state index in [-0.39, 0.29) is 12.1 Å². The molecule has 3 atom stereocenters. The first-order valence-corrected chi connectivity index (χ1v) is 8.29. The number of carbonyl (C=O) groups excluding carboxylic acids is 1. The predicted octanol–water partition coefficient (Wildman–Crippen LogP) is 2.85. The van der Waals surface area contributed by atoms with Gasteiger partial charge in [-0.3, -0.25) is 0 Å². The van der Waals surface area contributed by atoms with Crippen LogP contribution in [0, 0.1) is 11.8 Å². The molecule has 2 aliphatic rings. The van der Waals surface area contributed by atoms with E-state index >= 15 is 0 Å². The predicted molar refractivity (Wildman–Crippen MR) is 81.1 cm³/mol. The van der Waals surface area contributed by atoms with Crippen molar-refractivity contribution in [2.75, 3.05) is 6.54 Å². The second kappa shape index (κ2) is 7.14. The van der Waals surface area contributed by atoms with Gasteiger partial charge in [0.1, 0.15) is 6.04 Å². The summed E-state index contributed by atoms with van der Waals surface area (Å²) in [6.07, 6.45) is 7.55. The Labute approximate surface area is 127 Å². The van der Waals surface area contributed by atoms with Gasteiger partial charge in [-0.1, -0.05) is 26.2 Å². The third kappa shape index (κ3) is 4.11. The first kappa shape index (κ1) is 16.1. The number of piperidine rings is 1. The van der Waals surface area contributed by atoms with Gasteiger partial charge >= 0.3 is 12.0 Å². The minimum Gasteiger partial charge on any atom is -0.480 e. The standard InChI is InChI=1S/C16H28N2O3/c1-11-8-9-18(14(10-11)15(19)20)16(21)17-12(2)13-6-4-3-5-7-13/h11-14H,3-10H2,1-2H3,(H,17,21)(H,19,20). The zero-order valence-electron chi connectivity index (χ0n) is 13.2. The summed E-state index contributed by atoms with van der Waals surface area (Å²) in [6, 6.07) is -0.744. The Morgan fingerprint density at radius 1 is 1.19 bits per heavy atom. The molecule has 120 valence electrons. The second-order valence-electron chi connectivity index (χ2n) is 6.81. The minimum atomic E-state index is -0.887. The molecule has 2 amide bonds. The fourth-order valence-electron chi connectivity index (χ4n) is 3.65. The number of amides is 2. The lowest BCUT2D eigenvalue weighted by Crippen LogP contribution is -2.55. The number of urea groups is 1. The Morgan fingerprint density at radius 2 is 1.86 bits per heavy atom. The molecular weight excluding hydrogens is 268 g/mol.